The van der Waals surface area contributed by atoms with E-state index in [9.17, 15) is 9.59 Å². The smallest absolute Gasteiger partial charge is 0.263 e. The number of hydrogen-bond acceptors (Lipinski definition) is 5. The number of aromatic nitrogens is 2. The normalized spacial score (nSPS) is 12.5. The van der Waals surface area contributed by atoms with Crippen molar-refractivity contribution in [3.8, 4) is 5.75 Å². The van der Waals surface area contributed by atoms with Crippen molar-refractivity contribution >= 4 is 44.0 Å². The van der Waals surface area contributed by atoms with E-state index < -0.39 is 6.10 Å². The summed E-state index contributed by atoms with van der Waals surface area (Å²) in [5, 5.41) is 15.0. The summed E-state index contributed by atoms with van der Waals surface area (Å²) in [5.74, 6) is 0.323. The highest BCUT2D eigenvalue weighted by atomic mass is 16.5. The lowest BCUT2D eigenvalue weighted by Gasteiger charge is -2.18. The Labute approximate surface area is 202 Å². The van der Waals surface area contributed by atoms with Crippen molar-refractivity contribution in [1.29, 1.82) is 0 Å². The number of aliphatic hydroxyl groups excluding tert-OH is 1. The Morgan fingerprint density at radius 2 is 1.94 bits per heavy atom. The summed E-state index contributed by atoms with van der Waals surface area (Å²) >= 11 is 0. The van der Waals surface area contributed by atoms with Crippen LogP contribution in [0.25, 0.3) is 38.1 Å². The Bertz CT molecular complexity index is 1650. The number of carbonyl (C=O) groups is 1. The molecule has 0 aliphatic rings. The number of rotatable bonds is 8. The maximum Gasteiger partial charge on any atom is 0.263 e. The fraction of sp³-hybridized carbons (Fsp3) is 0.250. The lowest BCUT2D eigenvalue weighted by Crippen LogP contribution is -2.37. The van der Waals surface area contributed by atoms with Crippen LogP contribution in [0.15, 0.2) is 65.6 Å². The molecule has 2 aromatic carbocycles. The van der Waals surface area contributed by atoms with Crippen LogP contribution < -0.4 is 15.6 Å². The van der Waals surface area contributed by atoms with Gasteiger partial charge < -0.3 is 15.2 Å². The average molecular weight is 470 g/mol. The molecular weight excluding hydrogens is 442 g/mol. The SMILES string of the molecule is C=C(C)Cc1c(O[C@H](C)C(=O)NCCCO)ccc2c1c1ccnc3c4ccccc4c(=O)n2c13. The minimum absolute atomic E-state index is 0.0123. The van der Waals surface area contributed by atoms with Crippen molar-refractivity contribution < 1.29 is 14.6 Å². The molecule has 0 spiro atoms. The number of nitrogens with zero attached hydrogens (tertiary/aromatic N) is 2. The van der Waals surface area contributed by atoms with Gasteiger partial charge >= 0.3 is 0 Å². The minimum Gasteiger partial charge on any atom is -0.481 e. The third-order valence-electron chi connectivity index (χ3n) is 6.31. The van der Waals surface area contributed by atoms with Gasteiger partial charge in [0.05, 0.1) is 16.6 Å². The molecular formula is C28H27N3O4. The van der Waals surface area contributed by atoms with Crippen LogP contribution >= 0.6 is 0 Å². The topological polar surface area (TPSA) is 92.9 Å². The molecule has 2 N–H and O–H groups in total. The van der Waals surface area contributed by atoms with Gasteiger partial charge in [-0.15, -0.1) is 0 Å². The summed E-state index contributed by atoms with van der Waals surface area (Å²) in [6, 6.07) is 13.2. The second-order valence-corrected chi connectivity index (χ2v) is 8.94. The van der Waals surface area contributed by atoms with E-state index in [1.807, 2.05) is 49.4 Å². The molecule has 0 saturated carbocycles. The number of ether oxygens (including phenoxy) is 1. The van der Waals surface area contributed by atoms with Gasteiger partial charge in [0.15, 0.2) is 6.10 Å². The van der Waals surface area contributed by atoms with Crippen LogP contribution in [0.4, 0.5) is 0 Å². The number of pyridine rings is 2. The Hall–Kier alpha value is -3.97. The van der Waals surface area contributed by atoms with E-state index in [-0.39, 0.29) is 18.1 Å². The van der Waals surface area contributed by atoms with Crippen LogP contribution in [-0.4, -0.2) is 39.7 Å². The van der Waals surface area contributed by atoms with Crippen LogP contribution in [0.3, 0.4) is 0 Å². The number of carbonyl (C=O) groups excluding carboxylic acids is 1. The molecule has 1 amide bonds. The molecule has 35 heavy (non-hydrogen) atoms. The molecule has 1 atom stereocenters. The number of fused-ring (bicyclic) bond motifs is 5. The van der Waals surface area contributed by atoms with Crippen molar-refractivity contribution in [1.82, 2.24) is 14.7 Å². The lowest BCUT2D eigenvalue weighted by molar-refractivity contribution is -0.127. The number of benzene rings is 2. The maximum atomic E-state index is 13.6. The largest absolute Gasteiger partial charge is 0.481 e. The minimum atomic E-state index is -0.734. The van der Waals surface area contributed by atoms with E-state index in [2.05, 4.69) is 16.9 Å². The first-order valence-electron chi connectivity index (χ1n) is 11.7. The molecule has 5 rings (SSSR count). The molecule has 0 saturated heterocycles. The van der Waals surface area contributed by atoms with Gasteiger partial charge in [0, 0.05) is 46.5 Å². The summed E-state index contributed by atoms with van der Waals surface area (Å²) in [6.45, 7) is 8.14. The first-order valence-corrected chi connectivity index (χ1v) is 11.7. The van der Waals surface area contributed by atoms with Crippen LogP contribution in [0.1, 0.15) is 25.8 Å². The molecule has 0 bridgehead atoms. The van der Waals surface area contributed by atoms with Gasteiger partial charge in [-0.2, -0.15) is 0 Å². The van der Waals surface area contributed by atoms with Gasteiger partial charge in [0.2, 0.25) is 0 Å². The van der Waals surface area contributed by atoms with Gasteiger partial charge in [-0.1, -0.05) is 30.4 Å². The Balaban J connectivity index is 1.75. The molecule has 7 nitrogen and oxygen atoms in total. The predicted molar refractivity (Wildman–Crippen MR) is 138 cm³/mol. The van der Waals surface area contributed by atoms with Gasteiger partial charge in [-0.05, 0) is 51.0 Å². The van der Waals surface area contributed by atoms with Crippen LogP contribution in [0.5, 0.6) is 5.75 Å². The van der Waals surface area contributed by atoms with Crippen molar-refractivity contribution in [2.45, 2.75) is 32.8 Å². The Kier molecular flexibility index (Phi) is 5.86. The number of amides is 1. The summed E-state index contributed by atoms with van der Waals surface area (Å²) in [5.41, 5.74) is 4.05. The molecule has 0 aliphatic carbocycles. The van der Waals surface area contributed by atoms with Gasteiger partial charge in [-0.25, -0.2) is 0 Å². The quantitative estimate of drug-likeness (QED) is 0.204. The fourth-order valence-electron chi connectivity index (χ4n) is 4.78. The molecule has 7 heteroatoms. The van der Waals surface area contributed by atoms with Crippen molar-refractivity contribution in [2.24, 2.45) is 0 Å². The highest BCUT2D eigenvalue weighted by molar-refractivity contribution is 6.19. The molecule has 3 heterocycles. The van der Waals surface area contributed by atoms with Gasteiger partial charge in [0.25, 0.3) is 11.5 Å². The predicted octanol–water partition coefficient (Wildman–Crippen LogP) is 3.98. The highest BCUT2D eigenvalue weighted by Gasteiger charge is 2.23. The van der Waals surface area contributed by atoms with Crippen LogP contribution in [0.2, 0.25) is 0 Å². The number of nitrogens with one attached hydrogen (secondary N) is 1. The van der Waals surface area contributed by atoms with Crippen LogP contribution in [0, 0.1) is 0 Å². The Morgan fingerprint density at radius 3 is 2.69 bits per heavy atom. The average Bonchev–Trinajstić information content (AvgIpc) is 3.19. The number of hydrogen-bond donors (Lipinski definition) is 2. The van der Waals surface area contributed by atoms with Gasteiger partial charge in [0.1, 0.15) is 5.75 Å². The van der Waals surface area contributed by atoms with E-state index in [4.69, 9.17) is 9.84 Å². The van der Waals surface area contributed by atoms with Crippen molar-refractivity contribution in [3.63, 3.8) is 0 Å². The van der Waals surface area contributed by atoms with E-state index in [0.717, 1.165) is 43.8 Å². The van der Waals surface area contributed by atoms with Crippen molar-refractivity contribution in [2.75, 3.05) is 13.2 Å². The first kappa shape index (κ1) is 22.8. The van der Waals surface area contributed by atoms with Crippen molar-refractivity contribution in [3.05, 3.63) is 76.7 Å². The molecule has 5 aromatic rings. The third-order valence-corrected chi connectivity index (χ3v) is 6.31. The number of allylic oxidation sites excluding steroid dienone is 1. The zero-order valence-electron chi connectivity index (χ0n) is 19.8. The third kappa shape index (κ3) is 3.78. The molecule has 3 aromatic heterocycles. The maximum absolute atomic E-state index is 13.6. The summed E-state index contributed by atoms with van der Waals surface area (Å²) in [4.78, 5) is 30.7. The first-order chi connectivity index (χ1) is 16.9. The van der Waals surface area contributed by atoms with E-state index in [1.165, 1.54) is 0 Å². The standard InChI is InChI=1S/C28H27N3O4/c1-16(2)15-21-23(35-17(3)27(33)30-12-6-14-32)10-9-22-24(21)20-11-13-29-25-18-7-4-5-8-19(18)28(34)31(22)26(20)25/h4-5,7-11,13,17,32H,1,6,12,14-15H2,2-3H3,(H,30,33)/t17-/m1/s1. The van der Waals surface area contributed by atoms with E-state index in [0.29, 0.717) is 30.5 Å². The Morgan fingerprint density at radius 1 is 1.17 bits per heavy atom. The fourth-order valence-corrected chi connectivity index (χ4v) is 4.78. The molecule has 0 aliphatic heterocycles. The molecule has 0 fully saturated rings. The van der Waals surface area contributed by atoms with Gasteiger partial charge in [-0.3, -0.25) is 19.0 Å². The summed E-state index contributed by atoms with van der Waals surface area (Å²) in [6.07, 6.45) is 2.05. The zero-order valence-corrected chi connectivity index (χ0v) is 19.8. The highest BCUT2D eigenvalue weighted by Crippen LogP contribution is 2.39. The lowest BCUT2D eigenvalue weighted by atomic mass is 9.99. The number of aliphatic hydroxyl groups is 1. The van der Waals surface area contributed by atoms with E-state index in [1.54, 1.807) is 17.5 Å². The van der Waals surface area contributed by atoms with Crippen LogP contribution in [-0.2, 0) is 11.2 Å². The zero-order chi connectivity index (χ0) is 24.7. The second-order valence-electron chi connectivity index (χ2n) is 8.94. The monoisotopic (exact) mass is 469 g/mol. The molecule has 178 valence electrons. The van der Waals surface area contributed by atoms with E-state index >= 15 is 0 Å². The second kappa shape index (κ2) is 9.00. The summed E-state index contributed by atoms with van der Waals surface area (Å²) < 4.78 is 7.89. The summed E-state index contributed by atoms with van der Waals surface area (Å²) in [7, 11) is 0. The molecule has 0 unspecified atom stereocenters. The molecule has 0 radical (unpaired) electrons.